The van der Waals surface area contributed by atoms with Gasteiger partial charge in [-0.25, -0.2) is 4.79 Å². The van der Waals surface area contributed by atoms with Crippen molar-refractivity contribution >= 4 is 23.4 Å². The van der Waals surface area contributed by atoms with E-state index in [1.807, 2.05) is 38.1 Å². The zero-order valence-electron chi connectivity index (χ0n) is 18.2. The summed E-state index contributed by atoms with van der Waals surface area (Å²) in [6, 6.07) is 14.3. The molecular weight excluding hydrogens is 426 g/mol. The fraction of sp³-hybridized carbons (Fsp3) is 0.308. The van der Waals surface area contributed by atoms with Crippen molar-refractivity contribution < 1.29 is 19.4 Å². The summed E-state index contributed by atoms with van der Waals surface area (Å²) in [5.74, 6) is -0.785. The quantitative estimate of drug-likeness (QED) is 0.598. The van der Waals surface area contributed by atoms with Gasteiger partial charge in [0, 0.05) is 34.3 Å². The Morgan fingerprint density at radius 1 is 1.09 bits per heavy atom. The number of hydrogen-bond donors (Lipinski definition) is 2. The minimum Gasteiger partial charge on any atom is -0.508 e. The van der Waals surface area contributed by atoms with E-state index in [2.05, 4.69) is 5.32 Å². The Kier molecular flexibility index (Phi) is 6.38. The number of benzene rings is 2. The van der Waals surface area contributed by atoms with Crippen LogP contribution in [0.25, 0.3) is 0 Å². The second kappa shape index (κ2) is 9.21. The zero-order chi connectivity index (χ0) is 22.8. The first-order valence-corrected chi connectivity index (χ1v) is 11.2. The number of phenols is 1. The minimum absolute atomic E-state index is 0.00469. The van der Waals surface area contributed by atoms with Crippen LogP contribution in [-0.2, 0) is 14.3 Å². The maximum atomic E-state index is 13.5. The highest BCUT2D eigenvalue weighted by atomic mass is 35.5. The summed E-state index contributed by atoms with van der Waals surface area (Å²) < 4.78 is 5.46. The van der Waals surface area contributed by atoms with Crippen molar-refractivity contribution in [2.24, 2.45) is 0 Å². The zero-order valence-corrected chi connectivity index (χ0v) is 18.9. The fourth-order valence-corrected chi connectivity index (χ4v) is 4.68. The molecule has 2 aliphatic rings. The van der Waals surface area contributed by atoms with Gasteiger partial charge in [0.1, 0.15) is 5.75 Å². The molecule has 2 atom stereocenters. The molecule has 1 aliphatic heterocycles. The summed E-state index contributed by atoms with van der Waals surface area (Å²) in [5.41, 5.74) is 4.41. The van der Waals surface area contributed by atoms with Crippen LogP contribution >= 0.6 is 11.6 Å². The maximum absolute atomic E-state index is 13.5. The van der Waals surface area contributed by atoms with Crippen LogP contribution in [-0.4, -0.2) is 23.5 Å². The lowest BCUT2D eigenvalue weighted by molar-refractivity contribution is -0.139. The molecule has 0 saturated heterocycles. The molecule has 6 heteroatoms. The van der Waals surface area contributed by atoms with Gasteiger partial charge in [0.25, 0.3) is 0 Å². The van der Waals surface area contributed by atoms with Gasteiger partial charge >= 0.3 is 5.97 Å². The van der Waals surface area contributed by atoms with Crippen LogP contribution < -0.4 is 5.32 Å². The van der Waals surface area contributed by atoms with Crippen molar-refractivity contribution in [3.05, 3.63) is 87.2 Å². The lowest BCUT2D eigenvalue weighted by atomic mass is 9.72. The third-order valence-electron chi connectivity index (χ3n) is 6.05. The average molecular weight is 452 g/mol. The molecule has 32 heavy (non-hydrogen) atoms. The molecular formula is C26H26ClNO4. The number of esters is 1. The molecule has 0 spiro atoms. The number of hydrogen-bond acceptors (Lipinski definition) is 5. The number of allylic oxidation sites excluding steroid dienone is 3. The van der Waals surface area contributed by atoms with Crippen LogP contribution in [0.1, 0.15) is 56.1 Å². The Hall–Kier alpha value is -3.05. The lowest BCUT2D eigenvalue weighted by Crippen LogP contribution is -2.36. The van der Waals surface area contributed by atoms with E-state index in [-0.39, 0.29) is 17.5 Å². The number of nitrogens with one attached hydrogen (secondary N) is 1. The van der Waals surface area contributed by atoms with E-state index in [4.69, 9.17) is 16.3 Å². The Morgan fingerprint density at radius 3 is 2.41 bits per heavy atom. The normalized spacial score (nSPS) is 20.7. The van der Waals surface area contributed by atoms with Gasteiger partial charge in [-0.1, -0.05) is 42.8 Å². The number of ketones is 1. The van der Waals surface area contributed by atoms with Crippen molar-refractivity contribution in [1.29, 1.82) is 0 Å². The van der Waals surface area contributed by atoms with Crippen LogP contribution in [0.15, 0.2) is 71.1 Å². The molecule has 0 unspecified atom stereocenters. The highest BCUT2D eigenvalue weighted by Crippen LogP contribution is 2.46. The van der Waals surface area contributed by atoms with Gasteiger partial charge in [0.05, 0.1) is 12.2 Å². The molecule has 0 amide bonds. The van der Waals surface area contributed by atoms with E-state index in [9.17, 15) is 14.7 Å². The Labute approximate surface area is 192 Å². The number of Topliss-reactive ketones (excluding diaryl/α,β-unsaturated/α-hetero) is 1. The number of aromatic hydroxyl groups is 1. The minimum atomic E-state index is -0.533. The topological polar surface area (TPSA) is 75.6 Å². The number of ether oxygens (including phenoxy) is 1. The molecule has 166 valence electrons. The summed E-state index contributed by atoms with van der Waals surface area (Å²) in [4.78, 5) is 26.5. The predicted molar refractivity (Wildman–Crippen MR) is 123 cm³/mol. The van der Waals surface area contributed by atoms with E-state index in [0.717, 1.165) is 16.8 Å². The third kappa shape index (κ3) is 4.30. The van der Waals surface area contributed by atoms with Crippen molar-refractivity contribution in [2.45, 2.75) is 44.9 Å². The number of rotatable bonds is 5. The van der Waals surface area contributed by atoms with Crippen LogP contribution in [0.5, 0.6) is 5.75 Å². The molecule has 0 fully saturated rings. The molecule has 0 radical (unpaired) electrons. The summed E-state index contributed by atoms with van der Waals surface area (Å²) in [6.45, 7) is 4.10. The Morgan fingerprint density at radius 2 is 1.75 bits per heavy atom. The summed E-state index contributed by atoms with van der Waals surface area (Å²) in [5, 5.41) is 13.8. The Balaban J connectivity index is 1.76. The van der Waals surface area contributed by atoms with Crippen molar-refractivity contribution in [2.75, 3.05) is 6.61 Å². The van der Waals surface area contributed by atoms with Crippen molar-refractivity contribution in [3.63, 3.8) is 0 Å². The van der Waals surface area contributed by atoms with Gasteiger partial charge in [-0.15, -0.1) is 0 Å². The maximum Gasteiger partial charge on any atom is 0.336 e. The number of phenolic OH excluding ortho intramolecular Hbond substituents is 1. The molecule has 0 saturated carbocycles. The SMILES string of the molecule is CCCOC(=O)C1=C(C)NC2=C(C(=O)C[C@H](c3ccc(Cl)cc3)C2)[C@@H]1c1ccc(O)cc1. The van der Waals surface area contributed by atoms with Gasteiger partial charge in [0.2, 0.25) is 0 Å². The third-order valence-corrected chi connectivity index (χ3v) is 6.30. The number of dihydropyridines is 1. The number of carbonyl (C=O) groups excluding carboxylic acids is 2. The van der Waals surface area contributed by atoms with Gasteiger partial charge in [-0.3, -0.25) is 4.79 Å². The van der Waals surface area contributed by atoms with E-state index >= 15 is 0 Å². The van der Waals surface area contributed by atoms with Crippen LogP contribution in [0.2, 0.25) is 5.02 Å². The molecule has 4 rings (SSSR count). The number of carbonyl (C=O) groups is 2. The summed E-state index contributed by atoms with van der Waals surface area (Å²) >= 11 is 6.03. The summed E-state index contributed by atoms with van der Waals surface area (Å²) in [7, 11) is 0. The van der Waals surface area contributed by atoms with Gasteiger partial charge in [-0.2, -0.15) is 0 Å². The molecule has 0 aromatic heterocycles. The van der Waals surface area contributed by atoms with E-state index in [0.29, 0.717) is 47.7 Å². The smallest absolute Gasteiger partial charge is 0.336 e. The van der Waals surface area contributed by atoms with Gasteiger partial charge in [-0.05, 0) is 61.1 Å². The van der Waals surface area contributed by atoms with E-state index in [1.165, 1.54) is 0 Å². The average Bonchev–Trinajstić information content (AvgIpc) is 2.77. The molecule has 1 aliphatic carbocycles. The lowest BCUT2D eigenvalue weighted by Gasteiger charge is -2.36. The molecule has 5 nitrogen and oxygen atoms in total. The van der Waals surface area contributed by atoms with Gasteiger partial charge < -0.3 is 15.2 Å². The van der Waals surface area contributed by atoms with Gasteiger partial charge in [0.15, 0.2) is 5.78 Å². The molecule has 2 N–H and O–H groups in total. The summed E-state index contributed by atoms with van der Waals surface area (Å²) in [6.07, 6.45) is 1.73. The second-order valence-corrected chi connectivity index (χ2v) is 8.73. The highest BCUT2D eigenvalue weighted by molar-refractivity contribution is 6.30. The first-order chi connectivity index (χ1) is 15.4. The highest BCUT2D eigenvalue weighted by Gasteiger charge is 2.41. The Bertz CT molecular complexity index is 1100. The van der Waals surface area contributed by atoms with E-state index < -0.39 is 11.9 Å². The van der Waals surface area contributed by atoms with Crippen molar-refractivity contribution in [1.82, 2.24) is 5.32 Å². The monoisotopic (exact) mass is 451 g/mol. The van der Waals surface area contributed by atoms with Crippen molar-refractivity contribution in [3.8, 4) is 5.75 Å². The standard InChI is InChI=1S/C26H26ClNO4/c1-3-12-32-26(31)23-15(2)28-21-13-18(16-4-8-19(27)9-5-16)14-22(30)25(21)24(23)17-6-10-20(29)11-7-17/h4-11,18,24,28-29H,3,12-14H2,1-2H3/t18-,24-/m1/s1. The van der Waals surface area contributed by atoms with E-state index in [1.54, 1.807) is 24.3 Å². The van der Waals surface area contributed by atoms with Crippen LogP contribution in [0.4, 0.5) is 0 Å². The second-order valence-electron chi connectivity index (χ2n) is 8.30. The van der Waals surface area contributed by atoms with Crippen LogP contribution in [0.3, 0.4) is 0 Å². The molecule has 1 heterocycles. The largest absolute Gasteiger partial charge is 0.508 e. The number of halogens is 1. The first kappa shape index (κ1) is 22.2. The molecule has 0 bridgehead atoms. The molecule has 2 aromatic rings. The first-order valence-electron chi connectivity index (χ1n) is 10.8. The predicted octanol–water partition coefficient (Wildman–Crippen LogP) is 5.36. The molecule has 2 aromatic carbocycles. The van der Waals surface area contributed by atoms with Crippen LogP contribution in [0, 0.1) is 0 Å². The fourth-order valence-electron chi connectivity index (χ4n) is 4.55.